The van der Waals surface area contributed by atoms with E-state index in [9.17, 15) is 4.57 Å². The highest BCUT2D eigenvalue weighted by molar-refractivity contribution is 7.70. The number of rotatable bonds is 4. The van der Waals surface area contributed by atoms with Crippen LogP contribution in [0.3, 0.4) is 0 Å². The molecule has 0 aliphatic carbocycles. The molecule has 0 radical (unpaired) electrons. The van der Waals surface area contributed by atoms with Crippen LogP contribution in [0.1, 0.15) is 19.4 Å². The van der Waals surface area contributed by atoms with Crippen molar-refractivity contribution >= 4 is 29.4 Å². The number of benzene rings is 1. The van der Waals surface area contributed by atoms with Crippen molar-refractivity contribution in [3.63, 3.8) is 0 Å². The van der Waals surface area contributed by atoms with E-state index >= 15 is 0 Å². The van der Waals surface area contributed by atoms with Crippen LogP contribution in [0.15, 0.2) is 61.2 Å². The van der Waals surface area contributed by atoms with Gasteiger partial charge in [0.1, 0.15) is 12.8 Å². The fraction of sp³-hybridized carbons (Fsp3) is 0.227. The summed E-state index contributed by atoms with van der Waals surface area (Å²) in [7, 11) is -2.38. The average Bonchev–Trinajstić information content (AvgIpc) is 3.39. The highest BCUT2D eigenvalue weighted by Crippen LogP contribution is 2.35. The van der Waals surface area contributed by atoms with Crippen LogP contribution in [0, 0.1) is 0 Å². The molecule has 0 spiro atoms. The zero-order valence-corrected chi connectivity index (χ0v) is 18.7. The number of hydrogen-bond donors (Lipinski definition) is 0. The van der Waals surface area contributed by atoms with Crippen LogP contribution in [-0.2, 0) is 10.1 Å². The molecule has 4 aromatic heterocycles. The molecule has 0 amide bonds. The van der Waals surface area contributed by atoms with Gasteiger partial charge in [0.15, 0.2) is 5.65 Å². The third-order valence-corrected chi connectivity index (χ3v) is 7.08. The molecule has 5 aromatic rings. The summed E-state index contributed by atoms with van der Waals surface area (Å²) >= 11 is 0. The molecule has 0 bridgehead atoms. The van der Waals surface area contributed by atoms with E-state index in [0.29, 0.717) is 17.0 Å². The lowest BCUT2D eigenvalue weighted by Gasteiger charge is -2.25. The zero-order chi connectivity index (χ0) is 21.8. The first kappa shape index (κ1) is 19.6. The van der Waals surface area contributed by atoms with Crippen molar-refractivity contribution in [3.8, 4) is 11.3 Å². The van der Waals surface area contributed by atoms with E-state index in [0.717, 1.165) is 22.1 Å². The fourth-order valence-electron chi connectivity index (χ4n) is 3.64. The third-order valence-electron chi connectivity index (χ3n) is 5.55. The minimum absolute atomic E-state index is 0.480. The standard InChI is InChI=1S/C22H22N7OP/c1-22(2,16-8-9-19-23-10-11-28(19)14-16)29-21-20(26-27-29)24-13-18(25-21)15-6-5-7-17(12-15)31(3,4)30/h5-14H,1-4H3. The summed E-state index contributed by atoms with van der Waals surface area (Å²) in [5, 5.41) is 9.42. The molecule has 9 heteroatoms. The Morgan fingerprint density at radius 2 is 1.90 bits per heavy atom. The van der Waals surface area contributed by atoms with E-state index in [-0.39, 0.29) is 0 Å². The largest absolute Gasteiger partial charge is 0.319 e. The van der Waals surface area contributed by atoms with Crippen LogP contribution in [0.4, 0.5) is 0 Å². The normalized spacial score (nSPS) is 12.6. The number of fused-ring (bicyclic) bond motifs is 2. The Balaban J connectivity index is 1.63. The molecule has 5 rings (SSSR count). The molecular weight excluding hydrogens is 409 g/mol. The molecule has 0 unspecified atom stereocenters. The number of imidazole rings is 1. The van der Waals surface area contributed by atoms with Gasteiger partial charge in [0.2, 0.25) is 5.65 Å². The maximum atomic E-state index is 12.5. The number of aromatic nitrogens is 7. The fourth-order valence-corrected chi connectivity index (χ4v) is 4.53. The molecule has 4 heterocycles. The lowest BCUT2D eigenvalue weighted by atomic mass is 9.96. The molecule has 156 valence electrons. The van der Waals surface area contributed by atoms with Crippen molar-refractivity contribution in [2.24, 2.45) is 0 Å². The van der Waals surface area contributed by atoms with Gasteiger partial charge in [0, 0.05) is 29.5 Å². The Morgan fingerprint density at radius 1 is 1.06 bits per heavy atom. The molecule has 0 aliphatic heterocycles. The van der Waals surface area contributed by atoms with Gasteiger partial charge in [-0.15, -0.1) is 5.10 Å². The Kier molecular flexibility index (Phi) is 4.31. The summed E-state index contributed by atoms with van der Waals surface area (Å²) in [6.45, 7) is 7.66. The quantitative estimate of drug-likeness (QED) is 0.404. The van der Waals surface area contributed by atoms with Crippen molar-refractivity contribution in [1.82, 2.24) is 34.3 Å². The zero-order valence-electron chi connectivity index (χ0n) is 17.8. The second kappa shape index (κ2) is 6.82. The van der Waals surface area contributed by atoms with Crippen molar-refractivity contribution in [2.75, 3.05) is 13.3 Å². The van der Waals surface area contributed by atoms with Gasteiger partial charge in [0.05, 0.1) is 17.4 Å². The van der Waals surface area contributed by atoms with Crippen LogP contribution >= 0.6 is 7.14 Å². The van der Waals surface area contributed by atoms with E-state index in [1.165, 1.54) is 0 Å². The Labute approximate surface area is 179 Å². The van der Waals surface area contributed by atoms with Gasteiger partial charge in [0.25, 0.3) is 0 Å². The van der Waals surface area contributed by atoms with Crippen LogP contribution in [0.25, 0.3) is 28.2 Å². The van der Waals surface area contributed by atoms with E-state index in [4.69, 9.17) is 4.98 Å². The molecule has 8 nitrogen and oxygen atoms in total. The maximum absolute atomic E-state index is 12.5. The van der Waals surface area contributed by atoms with Gasteiger partial charge in [-0.2, -0.15) is 0 Å². The van der Waals surface area contributed by atoms with Gasteiger partial charge >= 0.3 is 0 Å². The summed E-state index contributed by atoms with van der Waals surface area (Å²) in [6.07, 6.45) is 7.41. The maximum Gasteiger partial charge on any atom is 0.221 e. The van der Waals surface area contributed by atoms with Crippen LogP contribution in [0.2, 0.25) is 0 Å². The smallest absolute Gasteiger partial charge is 0.221 e. The average molecular weight is 431 g/mol. The van der Waals surface area contributed by atoms with Gasteiger partial charge in [-0.1, -0.05) is 29.5 Å². The molecule has 0 N–H and O–H groups in total. The summed E-state index contributed by atoms with van der Waals surface area (Å²) in [5.41, 5.74) is 4.02. The van der Waals surface area contributed by atoms with Gasteiger partial charge in [-0.05, 0) is 44.9 Å². The van der Waals surface area contributed by atoms with Crippen molar-refractivity contribution in [2.45, 2.75) is 19.4 Å². The van der Waals surface area contributed by atoms with Gasteiger partial charge in [-0.25, -0.2) is 19.6 Å². The first-order valence-corrected chi connectivity index (χ1v) is 12.5. The highest BCUT2D eigenvalue weighted by atomic mass is 31.2. The Morgan fingerprint density at radius 3 is 2.71 bits per heavy atom. The molecule has 0 saturated heterocycles. The Bertz CT molecular complexity index is 1480. The molecule has 0 fully saturated rings. The molecule has 0 atom stereocenters. The van der Waals surface area contributed by atoms with Crippen LogP contribution < -0.4 is 5.30 Å². The molecule has 31 heavy (non-hydrogen) atoms. The molecular formula is C22H22N7OP. The summed E-state index contributed by atoms with van der Waals surface area (Å²) in [5.74, 6) is 0. The molecule has 0 saturated carbocycles. The van der Waals surface area contributed by atoms with Gasteiger partial charge < -0.3 is 8.97 Å². The van der Waals surface area contributed by atoms with Crippen molar-refractivity contribution in [3.05, 3.63) is 66.7 Å². The summed E-state index contributed by atoms with van der Waals surface area (Å²) < 4.78 is 16.3. The Hall–Kier alpha value is -3.38. The SMILES string of the molecule is CC(C)(c1ccc2nccn2c1)n1nnc2ncc(-c3cccc(P(C)(C)=O)c3)nc21. The molecule has 0 aliphatic rings. The van der Waals surface area contributed by atoms with Crippen molar-refractivity contribution in [1.29, 1.82) is 0 Å². The van der Waals surface area contributed by atoms with E-state index in [1.54, 1.807) is 30.4 Å². The molecule has 1 aromatic carbocycles. The van der Waals surface area contributed by atoms with Crippen molar-refractivity contribution < 1.29 is 4.57 Å². The predicted molar refractivity (Wildman–Crippen MR) is 121 cm³/mol. The minimum atomic E-state index is -2.38. The van der Waals surface area contributed by atoms with E-state index in [2.05, 4.69) is 34.1 Å². The van der Waals surface area contributed by atoms with E-state index in [1.807, 2.05) is 53.2 Å². The monoisotopic (exact) mass is 431 g/mol. The number of pyridine rings is 1. The van der Waals surface area contributed by atoms with Crippen LogP contribution in [0.5, 0.6) is 0 Å². The van der Waals surface area contributed by atoms with Gasteiger partial charge in [-0.3, -0.25) is 0 Å². The third kappa shape index (κ3) is 3.33. The van der Waals surface area contributed by atoms with E-state index < -0.39 is 12.7 Å². The second-order valence-corrected chi connectivity index (χ2v) is 11.7. The lowest BCUT2D eigenvalue weighted by Crippen LogP contribution is -2.29. The summed E-state index contributed by atoms with van der Waals surface area (Å²) in [6, 6.07) is 11.7. The number of nitrogens with zero attached hydrogens (tertiary/aromatic N) is 7. The topological polar surface area (TPSA) is 90.9 Å². The first-order chi connectivity index (χ1) is 14.7. The predicted octanol–water partition coefficient (Wildman–Crippen LogP) is 3.57. The first-order valence-electron chi connectivity index (χ1n) is 9.91. The summed E-state index contributed by atoms with van der Waals surface area (Å²) in [4.78, 5) is 13.6. The highest BCUT2D eigenvalue weighted by Gasteiger charge is 2.28. The lowest BCUT2D eigenvalue weighted by molar-refractivity contribution is 0.389. The number of hydrogen-bond acceptors (Lipinski definition) is 6. The van der Waals surface area contributed by atoms with Crippen LogP contribution in [-0.4, -0.2) is 47.7 Å². The minimum Gasteiger partial charge on any atom is -0.319 e. The second-order valence-electron chi connectivity index (χ2n) is 8.47.